The van der Waals surface area contributed by atoms with Gasteiger partial charge in [-0.1, -0.05) is 59.0 Å². The average Bonchev–Trinajstić information content (AvgIpc) is 2.62. The number of hydrogen-bond acceptors (Lipinski definition) is 3. The Morgan fingerprint density at radius 2 is 1.56 bits per heavy atom. The first kappa shape index (κ1) is 22.9. The van der Waals surface area contributed by atoms with Gasteiger partial charge in [0.25, 0.3) is 0 Å². The lowest BCUT2D eigenvalue weighted by atomic mass is 9.89. The second-order valence-electron chi connectivity index (χ2n) is 9.92. The molecule has 5 heteroatoms. The van der Waals surface area contributed by atoms with Crippen molar-refractivity contribution < 1.29 is 13.7 Å². The molecule has 146 valence electrons. The van der Waals surface area contributed by atoms with E-state index in [1.807, 2.05) is 0 Å². The molecule has 0 spiro atoms. The lowest BCUT2D eigenvalue weighted by Crippen LogP contribution is -2.43. The summed E-state index contributed by atoms with van der Waals surface area (Å²) in [6.07, 6.45) is 7.07. The smallest absolute Gasteiger partial charge is 0.411 e. The Labute approximate surface area is 158 Å². The van der Waals surface area contributed by atoms with Gasteiger partial charge in [-0.3, -0.25) is 0 Å². The summed E-state index contributed by atoms with van der Waals surface area (Å²) < 4.78 is 18.8. The van der Waals surface area contributed by atoms with Crippen LogP contribution < -0.4 is 0 Å². The minimum atomic E-state index is -1.79. The SMILES string of the molecule is CCCCCC(/C=C/B1OC(C)(C)C(C)(C)O1)O[Si](C)(C)C(C)(C)C. The van der Waals surface area contributed by atoms with Gasteiger partial charge in [-0.25, -0.2) is 0 Å². The van der Waals surface area contributed by atoms with Gasteiger partial charge in [0, 0.05) is 0 Å². The van der Waals surface area contributed by atoms with Gasteiger partial charge in [-0.15, -0.1) is 0 Å². The first-order chi connectivity index (χ1) is 11.2. The maximum absolute atomic E-state index is 6.65. The summed E-state index contributed by atoms with van der Waals surface area (Å²) in [5.74, 6) is 2.06. The van der Waals surface area contributed by atoms with Gasteiger partial charge in [0.15, 0.2) is 8.32 Å². The highest BCUT2D eigenvalue weighted by Gasteiger charge is 2.50. The molecule has 1 aliphatic heterocycles. The highest BCUT2D eigenvalue weighted by molar-refractivity contribution is 6.74. The van der Waals surface area contributed by atoms with Crippen molar-refractivity contribution in [3.8, 4) is 0 Å². The molecule has 1 rings (SSSR count). The van der Waals surface area contributed by atoms with Gasteiger partial charge in [0.1, 0.15) is 0 Å². The van der Waals surface area contributed by atoms with Crippen LogP contribution >= 0.6 is 0 Å². The maximum atomic E-state index is 6.65. The quantitative estimate of drug-likeness (QED) is 0.380. The average molecular weight is 368 g/mol. The van der Waals surface area contributed by atoms with E-state index >= 15 is 0 Å². The van der Waals surface area contributed by atoms with E-state index < -0.39 is 8.32 Å². The van der Waals surface area contributed by atoms with E-state index in [1.54, 1.807) is 0 Å². The summed E-state index contributed by atoms with van der Waals surface area (Å²) >= 11 is 0. The topological polar surface area (TPSA) is 27.7 Å². The summed E-state index contributed by atoms with van der Waals surface area (Å²) in [6.45, 7) is 22.1. The van der Waals surface area contributed by atoms with Crippen LogP contribution in [-0.2, 0) is 13.7 Å². The van der Waals surface area contributed by atoms with Crippen molar-refractivity contribution in [2.75, 3.05) is 0 Å². The maximum Gasteiger partial charge on any atom is 0.486 e. The van der Waals surface area contributed by atoms with Gasteiger partial charge in [0.05, 0.1) is 17.3 Å². The van der Waals surface area contributed by atoms with Crippen molar-refractivity contribution in [3.05, 3.63) is 12.1 Å². The summed E-state index contributed by atoms with van der Waals surface area (Å²) in [4.78, 5) is 0. The summed E-state index contributed by atoms with van der Waals surface area (Å²) in [6, 6.07) is 0. The molecule has 3 nitrogen and oxygen atoms in total. The van der Waals surface area contributed by atoms with Crippen molar-refractivity contribution in [1.82, 2.24) is 0 Å². The molecule has 1 fully saturated rings. The number of hydrogen-bond donors (Lipinski definition) is 0. The van der Waals surface area contributed by atoms with Crippen LogP contribution in [0.5, 0.6) is 0 Å². The molecule has 0 aliphatic carbocycles. The molecule has 1 saturated heterocycles. The van der Waals surface area contributed by atoms with Crippen LogP contribution in [0.3, 0.4) is 0 Å². The highest BCUT2D eigenvalue weighted by atomic mass is 28.4. The molecule has 0 aromatic heterocycles. The summed E-state index contributed by atoms with van der Waals surface area (Å²) in [5.41, 5.74) is -0.583. The van der Waals surface area contributed by atoms with E-state index in [2.05, 4.69) is 80.5 Å². The van der Waals surface area contributed by atoms with Crippen molar-refractivity contribution in [3.63, 3.8) is 0 Å². The van der Waals surface area contributed by atoms with Gasteiger partial charge in [-0.2, -0.15) is 0 Å². The zero-order chi connectivity index (χ0) is 19.5. The molecular formula is C20H41BO3Si. The fourth-order valence-corrected chi connectivity index (χ4v) is 3.83. The van der Waals surface area contributed by atoms with E-state index in [4.69, 9.17) is 13.7 Å². The minimum absolute atomic E-state index is 0.145. The summed E-state index contributed by atoms with van der Waals surface area (Å²) in [7, 11) is -2.08. The molecule has 0 saturated carbocycles. The zero-order valence-corrected chi connectivity index (χ0v) is 19.4. The predicted molar refractivity (Wildman–Crippen MR) is 111 cm³/mol. The fraction of sp³-hybridized carbons (Fsp3) is 0.900. The molecule has 25 heavy (non-hydrogen) atoms. The Bertz CT molecular complexity index is 436. The Morgan fingerprint density at radius 3 is 2.00 bits per heavy atom. The normalized spacial score (nSPS) is 21.9. The van der Waals surface area contributed by atoms with Gasteiger partial charge in [-0.05, 0) is 52.2 Å². The van der Waals surface area contributed by atoms with E-state index in [9.17, 15) is 0 Å². The molecule has 0 aromatic carbocycles. The third-order valence-electron chi connectivity index (χ3n) is 6.10. The Balaban J connectivity index is 2.80. The molecule has 1 heterocycles. The Kier molecular flexibility index (Phi) is 7.60. The third-order valence-corrected chi connectivity index (χ3v) is 10.6. The largest absolute Gasteiger partial charge is 0.486 e. The zero-order valence-electron chi connectivity index (χ0n) is 18.4. The van der Waals surface area contributed by atoms with Crippen molar-refractivity contribution >= 4 is 15.4 Å². The molecule has 0 amide bonds. The van der Waals surface area contributed by atoms with Crippen molar-refractivity contribution in [2.24, 2.45) is 0 Å². The first-order valence-corrected chi connectivity index (χ1v) is 12.8. The monoisotopic (exact) mass is 368 g/mol. The van der Waals surface area contributed by atoms with Gasteiger partial charge < -0.3 is 13.7 Å². The van der Waals surface area contributed by atoms with Crippen LogP contribution in [0.4, 0.5) is 0 Å². The Morgan fingerprint density at radius 1 is 1.04 bits per heavy atom. The van der Waals surface area contributed by atoms with Crippen LogP contribution in [0.1, 0.15) is 81.1 Å². The Hall–Kier alpha value is -0.0982. The third kappa shape index (κ3) is 6.23. The molecule has 1 atom stereocenters. The van der Waals surface area contributed by atoms with Crippen molar-refractivity contribution in [1.29, 1.82) is 0 Å². The molecule has 0 bridgehead atoms. The van der Waals surface area contributed by atoms with E-state index in [0.29, 0.717) is 0 Å². The van der Waals surface area contributed by atoms with Crippen molar-refractivity contribution in [2.45, 2.75) is 117 Å². The number of rotatable bonds is 8. The van der Waals surface area contributed by atoms with E-state index in [-0.39, 0.29) is 29.5 Å². The molecule has 0 radical (unpaired) electrons. The van der Waals surface area contributed by atoms with Crippen LogP contribution in [-0.4, -0.2) is 32.7 Å². The molecular weight excluding hydrogens is 327 g/mol. The van der Waals surface area contributed by atoms with Crippen LogP contribution in [0.15, 0.2) is 12.1 Å². The molecule has 1 unspecified atom stereocenters. The fourth-order valence-electron chi connectivity index (χ4n) is 2.53. The number of unbranched alkanes of at least 4 members (excludes halogenated alkanes) is 2. The van der Waals surface area contributed by atoms with Gasteiger partial charge >= 0.3 is 7.12 Å². The van der Waals surface area contributed by atoms with Crippen LogP contribution in [0.25, 0.3) is 0 Å². The second-order valence-corrected chi connectivity index (χ2v) is 14.7. The second kappa shape index (κ2) is 8.28. The first-order valence-electron chi connectivity index (χ1n) is 9.93. The summed E-state index contributed by atoms with van der Waals surface area (Å²) in [5, 5.41) is 0.216. The molecule has 0 N–H and O–H groups in total. The lowest BCUT2D eigenvalue weighted by molar-refractivity contribution is 0.00578. The van der Waals surface area contributed by atoms with Crippen LogP contribution in [0, 0.1) is 0 Å². The molecule has 0 aromatic rings. The standard InChI is InChI=1S/C20H41BO3Si/c1-11-12-13-14-17(22-25(9,10)18(2,3)4)15-16-21-23-19(5,6)20(7,8)24-21/h15-17H,11-14H2,1-10H3/b16-15+. The minimum Gasteiger partial charge on any atom is -0.411 e. The predicted octanol–water partition coefficient (Wildman–Crippen LogP) is 6.14. The van der Waals surface area contributed by atoms with E-state index in [1.165, 1.54) is 19.3 Å². The highest BCUT2D eigenvalue weighted by Crippen LogP contribution is 2.39. The lowest BCUT2D eigenvalue weighted by Gasteiger charge is -2.38. The van der Waals surface area contributed by atoms with E-state index in [0.717, 1.165) is 6.42 Å². The van der Waals surface area contributed by atoms with Gasteiger partial charge in [0.2, 0.25) is 0 Å². The molecule has 1 aliphatic rings. The van der Waals surface area contributed by atoms with Crippen LogP contribution in [0.2, 0.25) is 18.1 Å².